The van der Waals surface area contributed by atoms with Gasteiger partial charge in [-0.05, 0) is 39.0 Å². The number of halogens is 2. The van der Waals surface area contributed by atoms with Gasteiger partial charge in [0, 0.05) is 6.07 Å². The molecule has 9 heteroatoms. The van der Waals surface area contributed by atoms with Crippen LogP contribution >= 0.6 is 11.6 Å². The molecule has 2 aromatic carbocycles. The lowest BCUT2D eigenvalue weighted by Crippen LogP contribution is -2.32. The summed E-state index contributed by atoms with van der Waals surface area (Å²) in [6.07, 6.45) is -0.701. The van der Waals surface area contributed by atoms with E-state index in [9.17, 15) is 19.3 Å². The predicted octanol–water partition coefficient (Wildman–Crippen LogP) is 5.20. The molecule has 0 atom stereocenters. The zero-order valence-electron chi connectivity index (χ0n) is 14.9. The summed E-state index contributed by atoms with van der Waals surface area (Å²) in [6.45, 7) is 4.98. The third-order valence-electron chi connectivity index (χ3n) is 3.21. The second-order valence-electron chi connectivity index (χ2n) is 6.55. The summed E-state index contributed by atoms with van der Waals surface area (Å²) in [4.78, 5) is 22.7. The largest absolute Gasteiger partial charge is 0.450 e. The van der Waals surface area contributed by atoms with Crippen molar-refractivity contribution in [3.63, 3.8) is 0 Å². The fraction of sp³-hybridized carbons (Fsp3) is 0.278. The Morgan fingerprint density at radius 2 is 2.00 bits per heavy atom. The number of hydrogen-bond acceptors (Lipinski definition) is 5. The van der Waals surface area contributed by atoms with Gasteiger partial charge in [-0.15, -0.1) is 0 Å². The number of alkyl carbamates (subject to hydrolysis) is 1. The highest BCUT2D eigenvalue weighted by Crippen LogP contribution is 2.35. The van der Waals surface area contributed by atoms with Crippen molar-refractivity contribution in [2.24, 2.45) is 0 Å². The Hall–Kier alpha value is -2.87. The zero-order chi connectivity index (χ0) is 20.2. The van der Waals surface area contributed by atoms with Crippen LogP contribution in [0.1, 0.15) is 26.3 Å². The number of hydrogen-bond donors (Lipinski definition) is 1. The smallest absolute Gasteiger partial charge is 0.407 e. The van der Waals surface area contributed by atoms with Crippen LogP contribution in [0.25, 0.3) is 0 Å². The Morgan fingerprint density at radius 1 is 1.30 bits per heavy atom. The van der Waals surface area contributed by atoms with Crippen LogP contribution in [-0.4, -0.2) is 16.6 Å². The van der Waals surface area contributed by atoms with Crippen molar-refractivity contribution >= 4 is 23.4 Å². The van der Waals surface area contributed by atoms with Crippen molar-refractivity contribution in [1.82, 2.24) is 5.32 Å². The standard InChI is InChI=1S/C18H18ClFN2O5/c1-18(2,3)27-17(23)21-10-11-5-4-6-15(16(11)22(24)25)26-12-7-8-14(20)13(19)9-12/h4-9H,10H2,1-3H3,(H,21,23). The van der Waals surface area contributed by atoms with Crippen molar-refractivity contribution in [3.8, 4) is 11.5 Å². The van der Waals surface area contributed by atoms with Crippen LogP contribution in [0.15, 0.2) is 36.4 Å². The minimum absolute atomic E-state index is 0.0637. The molecule has 144 valence electrons. The third kappa shape index (κ3) is 5.82. The molecule has 0 bridgehead atoms. The number of para-hydroxylation sites is 1. The maximum Gasteiger partial charge on any atom is 0.407 e. The highest BCUT2D eigenvalue weighted by atomic mass is 35.5. The molecule has 0 spiro atoms. The molecule has 0 unspecified atom stereocenters. The van der Waals surface area contributed by atoms with Crippen LogP contribution in [-0.2, 0) is 11.3 Å². The lowest BCUT2D eigenvalue weighted by atomic mass is 10.1. The molecule has 0 aliphatic carbocycles. The van der Waals surface area contributed by atoms with Crippen LogP contribution in [0.3, 0.4) is 0 Å². The second kappa shape index (κ2) is 8.22. The molecule has 0 radical (unpaired) electrons. The van der Waals surface area contributed by atoms with E-state index in [4.69, 9.17) is 21.1 Å². The van der Waals surface area contributed by atoms with E-state index in [1.807, 2.05) is 0 Å². The monoisotopic (exact) mass is 396 g/mol. The van der Waals surface area contributed by atoms with Crippen LogP contribution in [0, 0.1) is 15.9 Å². The first-order chi connectivity index (χ1) is 12.6. The number of carbonyl (C=O) groups excluding carboxylic acids is 1. The van der Waals surface area contributed by atoms with Gasteiger partial charge in [0.15, 0.2) is 0 Å². The van der Waals surface area contributed by atoms with Gasteiger partial charge >= 0.3 is 11.8 Å². The molecule has 0 saturated carbocycles. The lowest BCUT2D eigenvalue weighted by molar-refractivity contribution is -0.386. The lowest BCUT2D eigenvalue weighted by Gasteiger charge is -2.19. The van der Waals surface area contributed by atoms with Gasteiger partial charge < -0.3 is 14.8 Å². The van der Waals surface area contributed by atoms with Crippen LogP contribution in [0.2, 0.25) is 5.02 Å². The SMILES string of the molecule is CC(C)(C)OC(=O)NCc1cccc(Oc2ccc(F)c(Cl)c2)c1[N+](=O)[O-]. The van der Waals surface area contributed by atoms with Crippen molar-refractivity contribution in [1.29, 1.82) is 0 Å². The van der Waals surface area contributed by atoms with Gasteiger partial charge in [-0.25, -0.2) is 9.18 Å². The highest BCUT2D eigenvalue weighted by molar-refractivity contribution is 6.30. The van der Waals surface area contributed by atoms with E-state index in [-0.39, 0.29) is 34.3 Å². The summed E-state index contributed by atoms with van der Waals surface area (Å²) in [5, 5.41) is 13.8. The van der Waals surface area contributed by atoms with Crippen LogP contribution in [0.5, 0.6) is 11.5 Å². The maximum absolute atomic E-state index is 13.3. The normalized spacial score (nSPS) is 11.0. The van der Waals surface area contributed by atoms with E-state index in [2.05, 4.69) is 5.32 Å². The Morgan fingerprint density at radius 3 is 2.59 bits per heavy atom. The molecular weight excluding hydrogens is 379 g/mol. The van der Waals surface area contributed by atoms with Crippen molar-refractivity contribution < 1.29 is 23.6 Å². The van der Waals surface area contributed by atoms with E-state index in [0.717, 1.165) is 6.07 Å². The average Bonchev–Trinajstić information content (AvgIpc) is 2.54. The van der Waals surface area contributed by atoms with Crippen LogP contribution in [0.4, 0.5) is 14.9 Å². The number of nitro benzene ring substituents is 1. The van der Waals surface area contributed by atoms with Crippen LogP contribution < -0.4 is 10.1 Å². The molecule has 1 amide bonds. The molecule has 0 fully saturated rings. The van der Waals surface area contributed by atoms with Crippen molar-refractivity contribution in [3.05, 3.63) is 62.9 Å². The minimum Gasteiger partial charge on any atom is -0.450 e. The third-order valence-corrected chi connectivity index (χ3v) is 3.50. The average molecular weight is 397 g/mol. The Balaban J connectivity index is 2.24. The number of nitrogens with zero attached hydrogens (tertiary/aromatic N) is 1. The number of nitro groups is 1. The van der Waals surface area contributed by atoms with Gasteiger partial charge in [-0.3, -0.25) is 10.1 Å². The van der Waals surface area contributed by atoms with E-state index in [1.54, 1.807) is 26.8 Å². The molecule has 2 rings (SSSR count). The van der Waals surface area contributed by atoms with Crippen molar-refractivity contribution in [2.75, 3.05) is 0 Å². The first-order valence-electron chi connectivity index (χ1n) is 7.93. The fourth-order valence-corrected chi connectivity index (χ4v) is 2.32. The quantitative estimate of drug-likeness (QED) is 0.553. The van der Waals surface area contributed by atoms with E-state index < -0.39 is 22.4 Å². The highest BCUT2D eigenvalue weighted by Gasteiger charge is 2.23. The minimum atomic E-state index is -0.701. The second-order valence-corrected chi connectivity index (χ2v) is 6.96. The molecule has 0 aliphatic rings. The summed E-state index contributed by atoms with van der Waals surface area (Å²) in [6, 6.07) is 8.03. The number of benzene rings is 2. The summed E-state index contributed by atoms with van der Waals surface area (Å²) in [5.41, 5.74) is -0.798. The molecule has 27 heavy (non-hydrogen) atoms. The first-order valence-corrected chi connectivity index (χ1v) is 8.30. The summed E-state index contributed by atoms with van der Waals surface area (Å²) < 4.78 is 23.9. The molecule has 0 heterocycles. The van der Waals surface area contributed by atoms with Gasteiger partial charge in [-0.1, -0.05) is 23.7 Å². The summed E-state index contributed by atoms with van der Waals surface area (Å²) in [5.74, 6) is -0.554. The molecule has 7 nitrogen and oxygen atoms in total. The molecule has 0 aromatic heterocycles. The number of rotatable bonds is 5. The van der Waals surface area contributed by atoms with E-state index in [1.165, 1.54) is 24.3 Å². The number of carbonyl (C=O) groups is 1. The van der Waals surface area contributed by atoms with E-state index in [0.29, 0.717) is 0 Å². The molecular formula is C18H18ClFN2O5. The van der Waals surface area contributed by atoms with Gasteiger partial charge in [0.1, 0.15) is 17.2 Å². The Kier molecular flexibility index (Phi) is 6.22. The molecule has 0 aliphatic heterocycles. The number of nitrogens with one attached hydrogen (secondary N) is 1. The Bertz CT molecular complexity index is 867. The summed E-state index contributed by atoms with van der Waals surface area (Å²) >= 11 is 5.70. The fourth-order valence-electron chi connectivity index (χ4n) is 2.15. The zero-order valence-corrected chi connectivity index (χ0v) is 15.7. The topological polar surface area (TPSA) is 90.7 Å². The molecule has 2 aromatic rings. The van der Waals surface area contributed by atoms with Gasteiger partial charge in [0.25, 0.3) is 0 Å². The Labute approximate surface area is 160 Å². The van der Waals surface area contributed by atoms with Gasteiger partial charge in [0.2, 0.25) is 5.75 Å². The van der Waals surface area contributed by atoms with Gasteiger partial charge in [-0.2, -0.15) is 0 Å². The number of amides is 1. The number of ether oxygens (including phenoxy) is 2. The van der Waals surface area contributed by atoms with E-state index >= 15 is 0 Å². The maximum atomic E-state index is 13.3. The summed E-state index contributed by atoms with van der Waals surface area (Å²) in [7, 11) is 0. The van der Waals surface area contributed by atoms with Crippen molar-refractivity contribution in [2.45, 2.75) is 32.9 Å². The molecule has 0 saturated heterocycles. The molecule has 1 N–H and O–H groups in total. The van der Waals surface area contributed by atoms with Gasteiger partial charge in [0.05, 0.1) is 22.1 Å². The first kappa shape index (κ1) is 20.4. The predicted molar refractivity (Wildman–Crippen MR) is 97.7 cm³/mol.